The number of rotatable bonds is 5. The standard InChI is InChI=1S/C24H26N6O3/c1-13-4-8-18(9-5-13)29-12-17(10-21(29)31)23(33)26-20-11-19(16-6-7-16)28-30(20)24-25-15(3)14(2)22(32)27-24/h4-5,8-9,11,16-17H,6-7,10,12H2,1-3H3,(H,26,33)(H,25,27,32). The zero-order valence-electron chi connectivity index (χ0n) is 18.9. The lowest BCUT2D eigenvalue weighted by Gasteiger charge is -2.17. The van der Waals surface area contributed by atoms with Crippen molar-refractivity contribution in [3.8, 4) is 5.95 Å². The minimum Gasteiger partial charge on any atom is -0.312 e. The molecule has 1 saturated carbocycles. The number of carbonyl (C=O) groups is 2. The predicted octanol–water partition coefficient (Wildman–Crippen LogP) is 2.75. The molecule has 170 valence electrons. The summed E-state index contributed by atoms with van der Waals surface area (Å²) in [6.07, 6.45) is 2.23. The number of aromatic nitrogens is 4. The molecule has 1 atom stereocenters. The fraction of sp³-hybridized carbons (Fsp3) is 0.375. The Kier molecular flexibility index (Phi) is 5.11. The van der Waals surface area contributed by atoms with Gasteiger partial charge >= 0.3 is 0 Å². The molecule has 33 heavy (non-hydrogen) atoms. The van der Waals surface area contributed by atoms with Crippen LogP contribution in [0.1, 0.15) is 47.7 Å². The molecule has 3 aromatic rings. The predicted molar refractivity (Wildman–Crippen MR) is 124 cm³/mol. The highest BCUT2D eigenvalue weighted by atomic mass is 16.2. The van der Waals surface area contributed by atoms with E-state index in [1.54, 1.807) is 18.7 Å². The van der Waals surface area contributed by atoms with Gasteiger partial charge in [0.1, 0.15) is 5.82 Å². The second kappa shape index (κ2) is 7.99. The van der Waals surface area contributed by atoms with Crippen LogP contribution in [0, 0.1) is 26.7 Å². The Morgan fingerprint density at radius 2 is 1.85 bits per heavy atom. The van der Waals surface area contributed by atoms with Gasteiger partial charge in [-0.1, -0.05) is 17.7 Å². The van der Waals surface area contributed by atoms with Crippen molar-refractivity contribution in [2.45, 2.75) is 46.0 Å². The normalized spacial score (nSPS) is 18.1. The quantitative estimate of drug-likeness (QED) is 0.626. The molecule has 1 unspecified atom stereocenters. The summed E-state index contributed by atoms with van der Waals surface area (Å²) >= 11 is 0. The number of benzene rings is 1. The molecule has 0 spiro atoms. The fourth-order valence-corrected chi connectivity index (χ4v) is 4.04. The van der Waals surface area contributed by atoms with Gasteiger partial charge in [-0.2, -0.15) is 9.78 Å². The van der Waals surface area contributed by atoms with Gasteiger partial charge in [0, 0.05) is 41.9 Å². The van der Waals surface area contributed by atoms with Crippen molar-refractivity contribution < 1.29 is 9.59 Å². The minimum atomic E-state index is -0.488. The van der Waals surface area contributed by atoms with Gasteiger partial charge in [0.2, 0.25) is 17.8 Å². The van der Waals surface area contributed by atoms with Crippen LogP contribution < -0.4 is 15.8 Å². The Hall–Kier alpha value is -3.75. The Labute approximate surface area is 190 Å². The number of carbonyl (C=O) groups excluding carboxylic acids is 2. The molecule has 1 saturated heterocycles. The minimum absolute atomic E-state index is 0.0775. The summed E-state index contributed by atoms with van der Waals surface area (Å²) in [5.74, 6) is 0.228. The molecule has 9 heteroatoms. The second-order valence-electron chi connectivity index (χ2n) is 8.97. The van der Waals surface area contributed by atoms with E-state index in [1.807, 2.05) is 37.3 Å². The van der Waals surface area contributed by atoms with E-state index in [0.717, 1.165) is 29.8 Å². The van der Waals surface area contributed by atoms with E-state index in [0.29, 0.717) is 29.5 Å². The third-order valence-electron chi connectivity index (χ3n) is 6.40. The number of H-pyrrole nitrogens is 1. The molecular weight excluding hydrogens is 420 g/mol. The number of anilines is 2. The summed E-state index contributed by atoms with van der Waals surface area (Å²) in [6.45, 7) is 5.78. The number of nitrogens with one attached hydrogen (secondary N) is 2. The zero-order valence-corrected chi connectivity index (χ0v) is 18.9. The number of aryl methyl sites for hydroxylation is 2. The number of amides is 2. The molecule has 2 fully saturated rings. The summed E-state index contributed by atoms with van der Waals surface area (Å²) < 4.78 is 1.48. The van der Waals surface area contributed by atoms with E-state index >= 15 is 0 Å². The maximum absolute atomic E-state index is 13.1. The third-order valence-corrected chi connectivity index (χ3v) is 6.40. The van der Waals surface area contributed by atoms with Gasteiger partial charge in [-0.05, 0) is 45.7 Å². The van der Waals surface area contributed by atoms with Crippen molar-refractivity contribution >= 4 is 23.3 Å². The molecule has 1 aliphatic heterocycles. The average molecular weight is 447 g/mol. The summed E-state index contributed by atoms with van der Waals surface area (Å²) in [7, 11) is 0. The SMILES string of the molecule is Cc1ccc(N2CC(C(=O)Nc3cc(C4CC4)nn3-c3nc(C)c(C)c(=O)[nH]3)CC2=O)cc1. The molecule has 2 aromatic heterocycles. The number of aromatic amines is 1. The molecule has 0 radical (unpaired) electrons. The van der Waals surface area contributed by atoms with Crippen LogP contribution in [0.3, 0.4) is 0 Å². The smallest absolute Gasteiger partial charge is 0.255 e. The van der Waals surface area contributed by atoms with Gasteiger partial charge in [-0.15, -0.1) is 0 Å². The first-order valence-corrected chi connectivity index (χ1v) is 11.2. The third kappa shape index (κ3) is 4.06. The molecule has 2 aliphatic rings. The lowest BCUT2D eigenvalue weighted by atomic mass is 10.1. The van der Waals surface area contributed by atoms with E-state index in [-0.39, 0.29) is 29.7 Å². The van der Waals surface area contributed by atoms with Gasteiger partial charge in [0.25, 0.3) is 5.56 Å². The number of hydrogen-bond donors (Lipinski definition) is 2. The van der Waals surface area contributed by atoms with Crippen molar-refractivity contribution in [2.24, 2.45) is 5.92 Å². The molecule has 2 amide bonds. The maximum Gasteiger partial charge on any atom is 0.255 e. The van der Waals surface area contributed by atoms with Crippen LogP contribution in [0.4, 0.5) is 11.5 Å². The Morgan fingerprint density at radius 3 is 2.52 bits per heavy atom. The molecule has 1 aromatic carbocycles. The Bertz CT molecular complexity index is 1300. The Morgan fingerprint density at radius 1 is 1.12 bits per heavy atom. The van der Waals surface area contributed by atoms with Crippen LogP contribution in [0.2, 0.25) is 0 Å². The molecule has 1 aliphatic carbocycles. The van der Waals surface area contributed by atoms with E-state index in [4.69, 9.17) is 0 Å². The van der Waals surface area contributed by atoms with Crippen LogP contribution in [0.15, 0.2) is 35.1 Å². The first-order chi connectivity index (χ1) is 15.8. The van der Waals surface area contributed by atoms with Crippen molar-refractivity contribution in [2.75, 3.05) is 16.8 Å². The molecule has 0 bridgehead atoms. The van der Waals surface area contributed by atoms with Crippen LogP contribution >= 0.6 is 0 Å². The molecule has 2 N–H and O–H groups in total. The van der Waals surface area contributed by atoms with E-state index in [9.17, 15) is 14.4 Å². The molecular formula is C24H26N6O3. The van der Waals surface area contributed by atoms with Gasteiger partial charge in [0.15, 0.2) is 0 Å². The maximum atomic E-state index is 13.1. The summed E-state index contributed by atoms with van der Waals surface area (Å²) in [5, 5.41) is 7.54. The first-order valence-electron chi connectivity index (χ1n) is 11.2. The van der Waals surface area contributed by atoms with Crippen molar-refractivity contribution in [3.63, 3.8) is 0 Å². The highest BCUT2D eigenvalue weighted by Gasteiger charge is 2.36. The fourth-order valence-electron chi connectivity index (χ4n) is 4.04. The molecule has 9 nitrogen and oxygen atoms in total. The lowest BCUT2D eigenvalue weighted by molar-refractivity contribution is -0.122. The van der Waals surface area contributed by atoms with Gasteiger partial charge in [-0.3, -0.25) is 19.4 Å². The summed E-state index contributed by atoms with van der Waals surface area (Å²) in [4.78, 5) is 46.9. The first kappa shape index (κ1) is 21.1. The number of nitrogens with zero attached hydrogens (tertiary/aromatic N) is 4. The largest absolute Gasteiger partial charge is 0.312 e. The van der Waals surface area contributed by atoms with E-state index in [2.05, 4.69) is 20.4 Å². The van der Waals surface area contributed by atoms with E-state index in [1.165, 1.54) is 4.68 Å². The van der Waals surface area contributed by atoms with Crippen molar-refractivity contribution in [1.29, 1.82) is 0 Å². The van der Waals surface area contributed by atoms with Crippen molar-refractivity contribution in [1.82, 2.24) is 19.7 Å². The molecule has 5 rings (SSSR count). The second-order valence-corrected chi connectivity index (χ2v) is 8.97. The highest BCUT2D eigenvalue weighted by molar-refractivity contribution is 6.03. The summed E-state index contributed by atoms with van der Waals surface area (Å²) in [6, 6.07) is 9.52. The number of hydrogen-bond acceptors (Lipinski definition) is 5. The topological polar surface area (TPSA) is 113 Å². The average Bonchev–Trinajstić information content (AvgIpc) is 3.44. The monoisotopic (exact) mass is 446 g/mol. The summed E-state index contributed by atoms with van der Waals surface area (Å²) in [5.41, 5.74) is 3.66. The highest BCUT2D eigenvalue weighted by Crippen LogP contribution is 2.40. The van der Waals surface area contributed by atoms with Crippen LogP contribution in [-0.4, -0.2) is 38.1 Å². The van der Waals surface area contributed by atoms with Crippen LogP contribution in [-0.2, 0) is 9.59 Å². The van der Waals surface area contributed by atoms with Gasteiger partial charge in [-0.25, -0.2) is 4.98 Å². The van der Waals surface area contributed by atoms with Gasteiger partial charge in [0.05, 0.1) is 11.6 Å². The lowest BCUT2D eigenvalue weighted by Crippen LogP contribution is -2.29. The van der Waals surface area contributed by atoms with Gasteiger partial charge < -0.3 is 10.2 Å². The molecule has 3 heterocycles. The van der Waals surface area contributed by atoms with Crippen molar-refractivity contribution in [3.05, 3.63) is 63.2 Å². The Balaban J connectivity index is 1.40. The van der Waals surface area contributed by atoms with E-state index < -0.39 is 5.92 Å². The van der Waals surface area contributed by atoms with Crippen LogP contribution in [0.25, 0.3) is 5.95 Å². The van der Waals surface area contributed by atoms with Crippen LogP contribution in [0.5, 0.6) is 0 Å². The zero-order chi connectivity index (χ0) is 23.3.